The van der Waals surface area contributed by atoms with Crippen LogP contribution in [0.2, 0.25) is 0 Å². The van der Waals surface area contributed by atoms with E-state index in [1.54, 1.807) is 0 Å². The van der Waals surface area contributed by atoms with Crippen LogP contribution in [-0.4, -0.2) is 39.5 Å². The van der Waals surface area contributed by atoms with Gasteiger partial charge in [0, 0.05) is 5.69 Å². The highest BCUT2D eigenvalue weighted by Gasteiger charge is 2.22. The summed E-state index contributed by atoms with van der Waals surface area (Å²) in [6, 6.07) is 3.45. The van der Waals surface area contributed by atoms with Crippen LogP contribution in [0.25, 0.3) is 0 Å². The number of carboxylic acids is 2. The highest BCUT2D eigenvalue weighted by molar-refractivity contribution is 5.94. The molecule has 1 aromatic carbocycles. The molecule has 1 rings (SSSR count). The molecular formula is C17H23NO7. The Bertz CT molecular complexity index is 615. The maximum absolute atomic E-state index is 11.8. The molecule has 1 amide bonds. The Balaban J connectivity index is 2.58. The number of carbonyl (C=O) groups is 3. The van der Waals surface area contributed by atoms with Gasteiger partial charge < -0.3 is 20.1 Å². The number of phenols is 1. The third-order valence-electron chi connectivity index (χ3n) is 3.57. The summed E-state index contributed by atoms with van der Waals surface area (Å²) in [4.78, 5) is 33.9. The average Bonchev–Trinajstić information content (AvgIpc) is 2.54. The van der Waals surface area contributed by atoms with Crippen molar-refractivity contribution >= 4 is 23.7 Å². The minimum atomic E-state index is -1.36. The third kappa shape index (κ3) is 7.11. The minimum Gasteiger partial charge on any atom is -0.507 e. The van der Waals surface area contributed by atoms with Gasteiger partial charge in [-0.1, -0.05) is 32.6 Å². The number of carbonyl (C=O) groups excluding carboxylic acids is 1. The molecule has 0 aromatic heterocycles. The lowest BCUT2D eigenvalue weighted by atomic mass is 10.1. The molecule has 0 aliphatic heterocycles. The Labute approximate surface area is 145 Å². The van der Waals surface area contributed by atoms with Gasteiger partial charge in [0.25, 0.3) is 0 Å². The Morgan fingerprint density at radius 3 is 2.40 bits per heavy atom. The van der Waals surface area contributed by atoms with Crippen molar-refractivity contribution in [1.29, 1.82) is 0 Å². The first-order valence-electron chi connectivity index (χ1n) is 8.12. The summed E-state index contributed by atoms with van der Waals surface area (Å²) in [5.74, 6) is -3.03. The molecule has 8 heteroatoms. The Morgan fingerprint density at radius 2 is 1.80 bits per heavy atom. The first kappa shape index (κ1) is 20.3. The second-order valence-electron chi connectivity index (χ2n) is 5.60. The van der Waals surface area contributed by atoms with Gasteiger partial charge >= 0.3 is 18.0 Å². The number of ether oxygens (including phenoxy) is 1. The number of anilines is 1. The SMILES string of the molecule is CCCCCCCC(OC(=O)Nc1ccc(O)c(C(=O)O)c1)C(=O)O. The summed E-state index contributed by atoms with van der Waals surface area (Å²) >= 11 is 0. The lowest BCUT2D eigenvalue weighted by Crippen LogP contribution is -2.29. The van der Waals surface area contributed by atoms with Crippen LogP contribution in [-0.2, 0) is 9.53 Å². The molecule has 0 spiro atoms. The van der Waals surface area contributed by atoms with E-state index in [9.17, 15) is 19.5 Å². The zero-order valence-electron chi connectivity index (χ0n) is 14.0. The smallest absolute Gasteiger partial charge is 0.412 e. The molecule has 1 unspecified atom stereocenters. The van der Waals surface area contributed by atoms with Gasteiger partial charge in [-0.15, -0.1) is 0 Å². The summed E-state index contributed by atoms with van der Waals surface area (Å²) < 4.78 is 4.89. The lowest BCUT2D eigenvalue weighted by molar-refractivity contribution is -0.146. The maximum atomic E-state index is 11.8. The highest BCUT2D eigenvalue weighted by Crippen LogP contribution is 2.21. The first-order chi connectivity index (χ1) is 11.8. The van der Waals surface area contributed by atoms with Gasteiger partial charge in [0.05, 0.1) is 0 Å². The van der Waals surface area contributed by atoms with Gasteiger partial charge in [-0.05, 0) is 31.0 Å². The maximum Gasteiger partial charge on any atom is 0.412 e. The largest absolute Gasteiger partial charge is 0.507 e. The number of carboxylic acid groups (broad SMARTS) is 2. The average molecular weight is 353 g/mol. The van der Waals surface area contributed by atoms with Crippen LogP contribution in [0, 0.1) is 0 Å². The van der Waals surface area contributed by atoms with Gasteiger partial charge in [0.2, 0.25) is 6.10 Å². The molecule has 0 aliphatic rings. The Hall–Kier alpha value is -2.77. The topological polar surface area (TPSA) is 133 Å². The number of aliphatic carboxylic acids is 1. The van der Waals surface area contributed by atoms with Gasteiger partial charge in [0.15, 0.2) is 0 Å². The third-order valence-corrected chi connectivity index (χ3v) is 3.57. The molecule has 0 heterocycles. The summed E-state index contributed by atoms with van der Waals surface area (Å²) in [5.41, 5.74) is -0.309. The van der Waals surface area contributed by atoms with Gasteiger partial charge in [-0.25, -0.2) is 14.4 Å². The molecule has 8 nitrogen and oxygen atoms in total. The number of rotatable bonds is 10. The normalized spacial score (nSPS) is 11.6. The number of amides is 1. The van der Waals surface area contributed by atoms with Gasteiger partial charge in [-0.2, -0.15) is 0 Å². The fourth-order valence-corrected chi connectivity index (χ4v) is 2.23. The van der Waals surface area contributed by atoms with Gasteiger partial charge in [0.1, 0.15) is 11.3 Å². The summed E-state index contributed by atoms with van der Waals surface area (Å²) in [6.45, 7) is 2.08. The zero-order valence-corrected chi connectivity index (χ0v) is 14.0. The molecule has 0 aliphatic carbocycles. The number of unbranched alkanes of at least 4 members (excludes halogenated alkanes) is 4. The Kier molecular flexibility index (Phi) is 8.25. The number of hydrogen-bond donors (Lipinski definition) is 4. The number of aromatic hydroxyl groups is 1. The van der Waals surface area contributed by atoms with Crippen molar-refractivity contribution in [3.8, 4) is 5.75 Å². The summed E-state index contributed by atoms with van der Waals surface area (Å²) in [6.07, 6.45) is 2.59. The number of aromatic carboxylic acids is 1. The molecule has 0 radical (unpaired) electrons. The lowest BCUT2D eigenvalue weighted by Gasteiger charge is -2.14. The van der Waals surface area contributed by atoms with Crippen molar-refractivity contribution in [2.75, 3.05) is 5.32 Å². The van der Waals surface area contributed by atoms with Crippen molar-refractivity contribution < 1.29 is 34.4 Å². The fraction of sp³-hybridized carbons (Fsp3) is 0.471. The molecule has 4 N–H and O–H groups in total. The van der Waals surface area contributed by atoms with Crippen LogP contribution in [0.1, 0.15) is 55.8 Å². The van der Waals surface area contributed by atoms with E-state index in [2.05, 4.69) is 12.2 Å². The molecule has 0 saturated carbocycles. The Morgan fingerprint density at radius 1 is 1.12 bits per heavy atom. The van der Waals surface area contributed by atoms with Crippen LogP contribution in [0.15, 0.2) is 18.2 Å². The quantitative estimate of drug-likeness (QED) is 0.374. The zero-order chi connectivity index (χ0) is 18.8. The molecular weight excluding hydrogens is 330 g/mol. The summed E-state index contributed by atoms with van der Waals surface area (Å²) in [5, 5.41) is 29.7. The second kappa shape index (κ2) is 10.2. The molecule has 0 fully saturated rings. The van der Waals surface area contributed by atoms with E-state index in [0.29, 0.717) is 6.42 Å². The van der Waals surface area contributed by atoms with Crippen LogP contribution in [0.5, 0.6) is 5.75 Å². The van der Waals surface area contributed by atoms with E-state index < -0.39 is 29.9 Å². The van der Waals surface area contributed by atoms with Crippen LogP contribution < -0.4 is 5.32 Å². The van der Waals surface area contributed by atoms with Crippen molar-refractivity contribution in [1.82, 2.24) is 0 Å². The van der Waals surface area contributed by atoms with Crippen LogP contribution in [0.4, 0.5) is 10.5 Å². The molecule has 138 valence electrons. The summed E-state index contributed by atoms with van der Waals surface area (Å²) in [7, 11) is 0. The van der Waals surface area contributed by atoms with Gasteiger partial charge in [-0.3, -0.25) is 5.32 Å². The number of hydrogen-bond acceptors (Lipinski definition) is 5. The molecule has 1 atom stereocenters. The second-order valence-corrected chi connectivity index (χ2v) is 5.60. The molecule has 0 saturated heterocycles. The monoisotopic (exact) mass is 353 g/mol. The fourth-order valence-electron chi connectivity index (χ4n) is 2.23. The van der Waals surface area contributed by atoms with E-state index in [1.165, 1.54) is 6.07 Å². The van der Waals surface area contributed by atoms with Crippen molar-refractivity contribution in [3.63, 3.8) is 0 Å². The first-order valence-corrected chi connectivity index (χ1v) is 8.12. The van der Waals surface area contributed by atoms with E-state index in [-0.39, 0.29) is 17.7 Å². The molecule has 1 aromatic rings. The van der Waals surface area contributed by atoms with Crippen molar-refractivity contribution in [2.45, 2.75) is 51.6 Å². The van der Waals surface area contributed by atoms with Crippen molar-refractivity contribution in [3.05, 3.63) is 23.8 Å². The van der Waals surface area contributed by atoms with E-state index in [4.69, 9.17) is 14.9 Å². The highest BCUT2D eigenvalue weighted by atomic mass is 16.6. The minimum absolute atomic E-state index is 0.0762. The van der Waals surface area contributed by atoms with E-state index >= 15 is 0 Å². The van der Waals surface area contributed by atoms with E-state index in [0.717, 1.165) is 37.8 Å². The standard InChI is InChI=1S/C17H23NO7/c1-2-3-4-5-6-7-14(16(22)23)25-17(24)18-11-8-9-13(19)12(10-11)15(20)21/h8-10,14,19H,2-7H2,1H3,(H,18,24)(H,20,21)(H,22,23). The predicted octanol–water partition coefficient (Wildman–Crippen LogP) is 3.45. The van der Waals surface area contributed by atoms with Crippen LogP contribution >= 0.6 is 0 Å². The predicted molar refractivity (Wildman–Crippen MR) is 90.0 cm³/mol. The van der Waals surface area contributed by atoms with Crippen LogP contribution in [0.3, 0.4) is 0 Å². The number of nitrogens with one attached hydrogen (secondary N) is 1. The molecule has 0 bridgehead atoms. The van der Waals surface area contributed by atoms with Crippen molar-refractivity contribution in [2.24, 2.45) is 0 Å². The van der Waals surface area contributed by atoms with E-state index in [1.807, 2.05) is 0 Å². The molecule has 25 heavy (non-hydrogen) atoms. The number of benzene rings is 1.